The van der Waals surface area contributed by atoms with E-state index in [1.165, 1.54) is 11.1 Å². The van der Waals surface area contributed by atoms with E-state index in [9.17, 15) is 9.90 Å². The van der Waals surface area contributed by atoms with Crippen molar-refractivity contribution >= 4 is 5.91 Å². The van der Waals surface area contributed by atoms with Crippen LogP contribution in [0.2, 0.25) is 0 Å². The van der Waals surface area contributed by atoms with Crippen LogP contribution in [-0.2, 0) is 17.8 Å². The summed E-state index contributed by atoms with van der Waals surface area (Å²) >= 11 is 0. The standard InChI is InChI=1S/C16H22N2O2/c19-15-8-4-3-7-13(15)18-16(20)14-9-11-5-1-2-6-12(11)10-17-14/h1-2,5-6,13-15,17,19H,3-4,7-10H2,(H,18,20)/t13-,14?,15-/m1/s1. The summed E-state index contributed by atoms with van der Waals surface area (Å²) in [6.07, 6.45) is 4.17. The highest BCUT2D eigenvalue weighted by Gasteiger charge is 2.29. The number of hydrogen-bond acceptors (Lipinski definition) is 3. The molecule has 1 unspecified atom stereocenters. The summed E-state index contributed by atoms with van der Waals surface area (Å²) in [5.74, 6) is 0.0189. The molecule has 20 heavy (non-hydrogen) atoms. The molecule has 2 aliphatic rings. The SMILES string of the molecule is O=C(N[C@@H]1CCCC[C@H]1O)C1Cc2ccccc2CN1. The Balaban J connectivity index is 1.61. The number of hydrogen-bond donors (Lipinski definition) is 3. The third-order valence-electron chi connectivity index (χ3n) is 4.45. The van der Waals surface area contributed by atoms with Gasteiger partial charge in [0.15, 0.2) is 0 Å². The van der Waals surface area contributed by atoms with Gasteiger partial charge in [0, 0.05) is 6.54 Å². The molecule has 0 spiro atoms. The van der Waals surface area contributed by atoms with E-state index in [1.54, 1.807) is 0 Å². The van der Waals surface area contributed by atoms with Crippen LogP contribution in [0.4, 0.5) is 0 Å². The fourth-order valence-corrected chi connectivity index (χ4v) is 3.20. The molecular weight excluding hydrogens is 252 g/mol. The van der Waals surface area contributed by atoms with Crippen molar-refractivity contribution in [2.75, 3.05) is 0 Å². The highest BCUT2D eigenvalue weighted by atomic mass is 16.3. The zero-order chi connectivity index (χ0) is 13.9. The second-order valence-electron chi connectivity index (χ2n) is 5.87. The lowest BCUT2D eigenvalue weighted by Gasteiger charge is -2.31. The Labute approximate surface area is 119 Å². The van der Waals surface area contributed by atoms with E-state index in [1.807, 2.05) is 12.1 Å². The van der Waals surface area contributed by atoms with Gasteiger partial charge in [-0.3, -0.25) is 4.79 Å². The molecule has 1 aromatic rings. The molecule has 0 bridgehead atoms. The Kier molecular flexibility index (Phi) is 4.03. The second-order valence-corrected chi connectivity index (χ2v) is 5.87. The van der Waals surface area contributed by atoms with Gasteiger partial charge in [-0.25, -0.2) is 0 Å². The lowest BCUT2D eigenvalue weighted by atomic mass is 9.91. The largest absolute Gasteiger partial charge is 0.391 e. The van der Waals surface area contributed by atoms with Crippen molar-refractivity contribution < 1.29 is 9.90 Å². The highest BCUT2D eigenvalue weighted by Crippen LogP contribution is 2.20. The van der Waals surface area contributed by atoms with E-state index < -0.39 is 0 Å². The van der Waals surface area contributed by atoms with Crippen LogP contribution in [-0.4, -0.2) is 29.2 Å². The predicted molar refractivity (Wildman–Crippen MR) is 77.2 cm³/mol. The number of aliphatic hydroxyl groups is 1. The lowest BCUT2D eigenvalue weighted by molar-refractivity contribution is -0.125. The Hall–Kier alpha value is -1.39. The molecule has 108 valence electrons. The maximum absolute atomic E-state index is 12.3. The van der Waals surface area contributed by atoms with Crippen LogP contribution in [0.3, 0.4) is 0 Å². The molecule has 3 rings (SSSR count). The quantitative estimate of drug-likeness (QED) is 0.757. The maximum Gasteiger partial charge on any atom is 0.237 e. The van der Waals surface area contributed by atoms with Gasteiger partial charge >= 0.3 is 0 Å². The van der Waals surface area contributed by atoms with Gasteiger partial charge in [-0.15, -0.1) is 0 Å². The molecule has 0 aromatic heterocycles. The Morgan fingerprint density at radius 3 is 2.75 bits per heavy atom. The van der Waals surface area contributed by atoms with Crippen LogP contribution in [0.1, 0.15) is 36.8 Å². The summed E-state index contributed by atoms with van der Waals surface area (Å²) in [5, 5.41) is 16.2. The topological polar surface area (TPSA) is 61.4 Å². The van der Waals surface area contributed by atoms with Gasteiger partial charge in [0.2, 0.25) is 5.91 Å². The molecule has 3 N–H and O–H groups in total. The van der Waals surface area contributed by atoms with Gasteiger partial charge in [-0.2, -0.15) is 0 Å². The van der Waals surface area contributed by atoms with E-state index in [2.05, 4.69) is 22.8 Å². The van der Waals surface area contributed by atoms with Crippen molar-refractivity contribution in [3.8, 4) is 0 Å². The normalized spacial score (nSPS) is 29.6. The van der Waals surface area contributed by atoms with E-state index in [0.29, 0.717) is 0 Å². The van der Waals surface area contributed by atoms with Crippen molar-refractivity contribution in [2.45, 2.75) is 56.8 Å². The van der Waals surface area contributed by atoms with Crippen molar-refractivity contribution in [2.24, 2.45) is 0 Å². The summed E-state index contributed by atoms with van der Waals surface area (Å²) in [5.41, 5.74) is 2.52. The number of carbonyl (C=O) groups is 1. The zero-order valence-electron chi connectivity index (χ0n) is 11.6. The predicted octanol–water partition coefficient (Wildman–Crippen LogP) is 1.12. The summed E-state index contributed by atoms with van der Waals surface area (Å²) in [7, 11) is 0. The third kappa shape index (κ3) is 2.86. The monoisotopic (exact) mass is 274 g/mol. The van der Waals surface area contributed by atoms with Gasteiger partial charge in [0.05, 0.1) is 18.2 Å². The fourth-order valence-electron chi connectivity index (χ4n) is 3.20. The number of benzene rings is 1. The van der Waals surface area contributed by atoms with Crippen molar-refractivity contribution in [1.82, 2.24) is 10.6 Å². The summed E-state index contributed by atoms with van der Waals surface area (Å²) in [6.45, 7) is 0.738. The minimum atomic E-state index is -0.386. The van der Waals surface area contributed by atoms with Gasteiger partial charge < -0.3 is 15.7 Å². The first-order valence-corrected chi connectivity index (χ1v) is 7.52. The van der Waals surface area contributed by atoms with E-state index in [0.717, 1.165) is 38.6 Å². The number of fused-ring (bicyclic) bond motifs is 1. The molecule has 3 atom stereocenters. The Morgan fingerprint density at radius 1 is 1.20 bits per heavy atom. The fraction of sp³-hybridized carbons (Fsp3) is 0.562. The first-order chi connectivity index (χ1) is 9.74. The van der Waals surface area contributed by atoms with Crippen molar-refractivity contribution in [3.63, 3.8) is 0 Å². The van der Waals surface area contributed by atoms with Crippen molar-refractivity contribution in [1.29, 1.82) is 0 Å². The highest BCUT2D eigenvalue weighted by molar-refractivity contribution is 5.82. The van der Waals surface area contributed by atoms with Crippen LogP contribution in [0.15, 0.2) is 24.3 Å². The molecule has 1 fully saturated rings. The summed E-state index contributed by atoms with van der Waals surface area (Å²) < 4.78 is 0. The van der Waals surface area contributed by atoms with Gasteiger partial charge in [0.1, 0.15) is 0 Å². The summed E-state index contributed by atoms with van der Waals surface area (Å²) in [4.78, 5) is 12.3. The van der Waals surface area contributed by atoms with Gasteiger partial charge in [0.25, 0.3) is 0 Å². The van der Waals surface area contributed by atoms with E-state index >= 15 is 0 Å². The average molecular weight is 274 g/mol. The first-order valence-electron chi connectivity index (χ1n) is 7.52. The minimum Gasteiger partial charge on any atom is -0.391 e. The summed E-state index contributed by atoms with van der Waals surface area (Å²) in [6, 6.07) is 7.98. The molecule has 1 saturated carbocycles. The number of rotatable bonds is 2. The van der Waals surface area contributed by atoms with Crippen LogP contribution in [0, 0.1) is 0 Å². The average Bonchev–Trinajstić information content (AvgIpc) is 2.49. The van der Waals surface area contributed by atoms with Crippen LogP contribution >= 0.6 is 0 Å². The Morgan fingerprint density at radius 2 is 1.95 bits per heavy atom. The Bertz CT molecular complexity index is 489. The first kappa shape index (κ1) is 13.6. The number of nitrogens with one attached hydrogen (secondary N) is 2. The van der Waals surface area contributed by atoms with Gasteiger partial charge in [-0.1, -0.05) is 37.1 Å². The van der Waals surface area contributed by atoms with E-state index in [-0.39, 0.29) is 24.1 Å². The molecule has 4 heteroatoms. The zero-order valence-corrected chi connectivity index (χ0v) is 11.6. The molecule has 4 nitrogen and oxygen atoms in total. The second kappa shape index (κ2) is 5.94. The molecule has 1 amide bonds. The maximum atomic E-state index is 12.3. The smallest absolute Gasteiger partial charge is 0.237 e. The lowest BCUT2D eigenvalue weighted by Crippen LogP contribution is -2.53. The number of amides is 1. The number of aliphatic hydroxyl groups excluding tert-OH is 1. The molecular formula is C16H22N2O2. The molecule has 1 aromatic carbocycles. The van der Waals surface area contributed by atoms with E-state index in [4.69, 9.17) is 0 Å². The van der Waals surface area contributed by atoms with Crippen LogP contribution in [0.25, 0.3) is 0 Å². The molecule has 1 aliphatic heterocycles. The van der Waals surface area contributed by atoms with Crippen molar-refractivity contribution in [3.05, 3.63) is 35.4 Å². The third-order valence-corrected chi connectivity index (χ3v) is 4.45. The van der Waals surface area contributed by atoms with Crippen LogP contribution in [0.5, 0.6) is 0 Å². The molecule has 0 radical (unpaired) electrons. The molecule has 1 heterocycles. The molecule has 1 aliphatic carbocycles. The van der Waals surface area contributed by atoms with Gasteiger partial charge in [-0.05, 0) is 30.4 Å². The van der Waals surface area contributed by atoms with Crippen LogP contribution < -0.4 is 10.6 Å². The number of carbonyl (C=O) groups excluding carboxylic acids is 1. The minimum absolute atomic E-state index is 0.0189. The molecule has 0 saturated heterocycles.